The Morgan fingerprint density at radius 3 is 1.10 bits per heavy atom. The summed E-state index contributed by atoms with van der Waals surface area (Å²) in [4.78, 5) is 72.2. The van der Waals surface area contributed by atoms with Crippen molar-refractivity contribution in [1.82, 2.24) is 21.3 Å². The van der Waals surface area contributed by atoms with Crippen molar-refractivity contribution < 1.29 is 292 Å². The summed E-state index contributed by atoms with van der Waals surface area (Å²) in [5.41, 5.74) is 5.54. The summed E-state index contributed by atoms with van der Waals surface area (Å²) in [6, 6.07) is -5.72. The van der Waals surface area contributed by atoms with E-state index >= 15 is 0 Å². The Kier molecular flexibility index (Phi) is 48.3. The third-order valence-electron chi connectivity index (χ3n) is 26.8. The van der Waals surface area contributed by atoms with Crippen molar-refractivity contribution in [1.29, 1.82) is 0 Å². The van der Waals surface area contributed by atoms with E-state index in [2.05, 4.69) is 21.3 Å². The van der Waals surface area contributed by atoms with Crippen molar-refractivity contribution in [2.75, 3.05) is 85.8 Å². The van der Waals surface area contributed by atoms with Crippen molar-refractivity contribution >= 4 is 35.6 Å². The zero-order chi connectivity index (χ0) is 110. The van der Waals surface area contributed by atoms with Crippen molar-refractivity contribution in [3.05, 3.63) is 0 Å². The Hall–Kier alpha value is -5.26. The van der Waals surface area contributed by atoms with E-state index in [4.69, 9.17) is 100 Å². The van der Waals surface area contributed by atoms with Crippen LogP contribution in [0.1, 0.15) is 73.6 Å². The maximum atomic E-state index is 12.5. The number of carbonyl (C=O) groups is 6. The third-order valence-corrected chi connectivity index (χ3v) is 26.8. The first-order valence-corrected chi connectivity index (χ1v) is 47.5. The Morgan fingerprint density at radius 1 is 0.338 bits per heavy atom. The molecule has 0 aromatic carbocycles. The predicted octanol–water partition coefficient (Wildman–Crippen LogP) is -22.5. The summed E-state index contributed by atoms with van der Waals surface area (Å²) in [6.45, 7) is -1.28. The number of ether oxygens (including phenoxy) is 20. The Labute approximate surface area is 841 Å². The molecule has 64 heteroatoms. The van der Waals surface area contributed by atoms with E-state index in [9.17, 15) is 197 Å². The number of aliphatic hydroxyl groups excluding tert-OH is 31. The van der Waals surface area contributed by atoms with E-state index in [1.807, 2.05) is 0 Å². The zero-order valence-electron chi connectivity index (χ0n) is 80.7. The molecule has 0 bridgehead atoms. The van der Waals surface area contributed by atoms with Crippen LogP contribution in [0.25, 0.3) is 0 Å². The normalized spacial score (nSPS) is 45.3. The van der Waals surface area contributed by atoms with Gasteiger partial charge in [-0.05, 0) is 0 Å². The molecule has 11 rings (SSSR count). The molecule has 0 aromatic rings. The number of hydrogen-bond donors (Lipinski definition) is 38. The maximum Gasteiger partial charge on any atom is 0.364 e. The van der Waals surface area contributed by atoms with E-state index in [0.29, 0.717) is 0 Å². The SMILES string of the molecule is CC(=O)NC1[C@H](O)OC(CO)[C@@H](O[C@@H]2OC(CO[C@]3(C(=O)O)C[C@@H](O)[C@@H](C)C([C@H](O)[C@H](O)CO)O3)C[C@H](O)C2O)[C@@H]1O.CC(=O)NC1[C@H](O)OC(CO)[C@@H](O[C@@H]2OC(CO[C@]3(C(=O)O)C[C@@H](O)[C@@H](C)C([C@H](O)[C@H](O)CO)O3)[C@H](O)[C@H](O)C2O)[C@@H]1O.CC(=O)NC1[C@H](OCCN)OC(CO)[C@@H](O[C@@H]2OC(CO)[C@@H](O[C@@H]3OC(CO[C@@H]4C[C@@H](O)[C@H](O)C(CO)O4)[C@@H](O)[C@H](O[C@H]4CC(O)[C@@H](O)C(CO)O4)C3O)[C@H](O)C2NC(C)=O)[C@@H]1O. The second kappa shape index (κ2) is 56.6. The van der Waals surface area contributed by atoms with Gasteiger partial charge in [0.25, 0.3) is 11.6 Å². The van der Waals surface area contributed by atoms with Crippen LogP contribution in [0.5, 0.6) is 0 Å². The summed E-state index contributed by atoms with van der Waals surface area (Å²) in [5, 5.41) is 351. The summed E-state index contributed by atoms with van der Waals surface area (Å²) < 4.78 is 113. The molecule has 0 radical (unpaired) electrons. The molecule has 19 unspecified atom stereocenters. The fourth-order valence-corrected chi connectivity index (χ4v) is 18.5. The highest BCUT2D eigenvalue weighted by Gasteiger charge is 2.62. The second-order valence-electron chi connectivity index (χ2n) is 37.6. The molecule has 860 valence electrons. The van der Waals surface area contributed by atoms with E-state index in [1.54, 1.807) is 0 Å². The lowest BCUT2D eigenvalue weighted by Gasteiger charge is -2.50. The van der Waals surface area contributed by atoms with Gasteiger partial charge in [0, 0.05) is 78.2 Å². The lowest BCUT2D eigenvalue weighted by molar-refractivity contribution is -0.376. The van der Waals surface area contributed by atoms with E-state index in [0.717, 1.165) is 20.8 Å². The molecule has 11 saturated heterocycles. The van der Waals surface area contributed by atoms with Crippen LogP contribution < -0.4 is 27.0 Å². The average Bonchev–Trinajstić information content (AvgIpc) is 0.767. The topological polar surface area (TPSA) is 1030 Å². The predicted molar refractivity (Wildman–Crippen MR) is 465 cm³/mol. The van der Waals surface area contributed by atoms with E-state index in [-0.39, 0.29) is 26.0 Å². The number of rotatable bonds is 40. The van der Waals surface area contributed by atoms with Crippen molar-refractivity contribution in [2.45, 2.75) is 392 Å². The highest BCUT2D eigenvalue weighted by Crippen LogP contribution is 2.43. The minimum absolute atomic E-state index is 0.0449. The molecule has 11 fully saturated rings. The molecule has 0 aliphatic carbocycles. The largest absolute Gasteiger partial charge is 0.477 e. The van der Waals surface area contributed by atoms with Gasteiger partial charge < -0.3 is 290 Å². The van der Waals surface area contributed by atoms with E-state index < -0.39 is 458 Å². The summed E-state index contributed by atoms with van der Waals surface area (Å²) in [5.74, 6) is -13.1. The van der Waals surface area contributed by atoms with Crippen molar-refractivity contribution in [3.63, 3.8) is 0 Å². The molecular formula is C84H145N5O59. The van der Waals surface area contributed by atoms with Crippen LogP contribution in [0.3, 0.4) is 0 Å². The molecule has 11 heterocycles. The maximum absolute atomic E-state index is 12.5. The molecule has 11 aliphatic heterocycles. The quantitative estimate of drug-likeness (QED) is 0.0271. The highest BCUT2D eigenvalue weighted by atomic mass is 16.8. The van der Waals surface area contributed by atoms with Gasteiger partial charge in [0.15, 0.2) is 56.6 Å². The first-order valence-electron chi connectivity index (χ1n) is 47.5. The van der Waals surface area contributed by atoms with E-state index in [1.165, 1.54) is 20.8 Å². The van der Waals surface area contributed by atoms with Gasteiger partial charge in [0.2, 0.25) is 23.6 Å². The number of nitrogens with two attached hydrogens (primary N) is 1. The number of aliphatic carboxylic acids is 2. The number of carboxylic acids is 2. The lowest BCUT2D eigenvalue weighted by Crippen LogP contribution is -2.70. The average molecular weight is 2170 g/mol. The fourth-order valence-electron chi connectivity index (χ4n) is 18.5. The molecule has 54 atom stereocenters. The Balaban J connectivity index is 0.000000255. The number of carbonyl (C=O) groups excluding carboxylic acids is 4. The van der Waals surface area contributed by atoms with Crippen LogP contribution in [0.2, 0.25) is 0 Å². The summed E-state index contributed by atoms with van der Waals surface area (Å²) >= 11 is 0. The van der Waals surface area contributed by atoms with Crippen LogP contribution in [0.15, 0.2) is 0 Å². The molecule has 39 N–H and O–H groups in total. The van der Waals surface area contributed by atoms with Gasteiger partial charge in [-0.1, -0.05) is 13.8 Å². The first-order chi connectivity index (χ1) is 69.7. The van der Waals surface area contributed by atoms with Crippen molar-refractivity contribution in [2.24, 2.45) is 17.6 Å². The molecule has 0 saturated carbocycles. The van der Waals surface area contributed by atoms with Gasteiger partial charge in [-0.3, -0.25) is 19.2 Å². The van der Waals surface area contributed by atoms with Gasteiger partial charge in [0.1, 0.15) is 201 Å². The number of carboxylic acid groups (broad SMARTS) is 2. The third kappa shape index (κ3) is 30.6. The number of amides is 4. The Morgan fingerprint density at radius 2 is 0.689 bits per heavy atom. The number of hydrogen-bond acceptors (Lipinski definition) is 58. The molecule has 148 heavy (non-hydrogen) atoms. The second-order valence-corrected chi connectivity index (χ2v) is 37.6. The standard InChI is InChI=1S/C36H63N3O24.C24H41NO18.C24H41NO17/c1-12(44)38-23-28(51)31(18(9-42)58-34(23)54-4-3-37)62-35-24(39-13(2)45)29(52)32(19(10-43)59-35)63-36-30(53)33(61-22-6-15(47)26(49)17(8-41)57-22)27(50)20(60-36)11-55-21-5-14(46)25(48)16(7-40)56-21;1-7-9(29)3-24(23(37)38,43-19(7)14(31)10(30)4-26)39-6-12-15(32)17(34)18(35)22(41-12)42-20-11(5-27)40-21(36)13(16(20)33)25-8(2)28;1-8-12(30)4-24(23(36)37,42-19(8)16(32)13(31)5-26)38-7-10-3-11(29)17(33)22(39-10)41-20-14(6-27)40-21(35)15(18(20)34)25-9(2)28/h14-36,40-43,46-53H,3-11,37H2,1-2H3,(H,38,44)(H,39,45);7,9-22,26-27,29-36H,3-6H2,1-2H3,(H,25,28)(H,37,38);8,10-22,26-27,29-35H,3-7H2,1-2H3,(H,25,28)(H,36,37)/t14-,15?,16?,17?,18?,19?,20?,21+,22+,23?,24?,25+,26-,27-,28-,29-,30?,31-,32-,33+,34-,35+,36+;7-,9-,10-,11?,12?,13?,14-,15+,16-,17+,18?,19?,20-,21-,22+,24-;8-,10?,11+,12-,13-,14?,15?,16-,17?,18-,19?,20-,21-,22+,24-/m111/s1. The molecule has 0 aromatic heterocycles. The minimum Gasteiger partial charge on any atom is -0.477 e. The van der Waals surface area contributed by atoms with Gasteiger partial charge in [-0.25, -0.2) is 9.59 Å². The Bertz CT molecular complexity index is 4060. The molecule has 0 spiro atoms. The molecule has 11 aliphatic rings. The summed E-state index contributed by atoms with van der Waals surface area (Å²) in [6.07, 6.45) is -76.4. The van der Waals surface area contributed by atoms with Crippen LogP contribution >= 0.6 is 0 Å². The van der Waals surface area contributed by atoms with Gasteiger partial charge in [-0.2, -0.15) is 0 Å². The van der Waals surface area contributed by atoms with Gasteiger partial charge in [-0.15, -0.1) is 0 Å². The molecular weight excluding hydrogens is 2020 g/mol. The minimum atomic E-state index is -2.68. The zero-order valence-corrected chi connectivity index (χ0v) is 80.7. The van der Waals surface area contributed by atoms with Gasteiger partial charge >= 0.3 is 11.9 Å². The van der Waals surface area contributed by atoms with Crippen molar-refractivity contribution in [3.8, 4) is 0 Å². The fraction of sp³-hybridized carbons (Fsp3) is 0.929. The monoisotopic (exact) mass is 2170 g/mol. The van der Waals surface area contributed by atoms with Crippen LogP contribution in [0, 0.1) is 11.8 Å². The number of nitrogens with one attached hydrogen (secondary N) is 4. The lowest BCUT2D eigenvalue weighted by atomic mass is 9.84. The van der Waals surface area contributed by atoms with Crippen LogP contribution in [0.4, 0.5) is 0 Å². The van der Waals surface area contributed by atoms with Crippen LogP contribution in [-0.2, 0) is 124 Å². The molecule has 4 amide bonds. The first kappa shape index (κ1) is 126. The van der Waals surface area contributed by atoms with Crippen LogP contribution in [-0.4, -0.2) is 608 Å². The number of aliphatic hydroxyl groups is 31. The van der Waals surface area contributed by atoms with Gasteiger partial charge in [0.05, 0.1) is 128 Å². The summed E-state index contributed by atoms with van der Waals surface area (Å²) in [7, 11) is 0. The molecule has 64 nitrogen and oxygen atoms in total. The highest BCUT2D eigenvalue weighted by molar-refractivity contribution is 5.77. The smallest absolute Gasteiger partial charge is 0.364 e.